The van der Waals surface area contributed by atoms with Gasteiger partial charge in [-0.3, -0.25) is 4.40 Å². The summed E-state index contributed by atoms with van der Waals surface area (Å²) in [5.41, 5.74) is 3.73. The highest BCUT2D eigenvalue weighted by Gasteiger charge is 2.23. The molecule has 27 heavy (non-hydrogen) atoms. The van der Waals surface area contributed by atoms with E-state index in [-0.39, 0.29) is 17.7 Å². The van der Waals surface area contributed by atoms with Crippen molar-refractivity contribution in [1.29, 1.82) is 5.26 Å². The first-order valence-electron chi connectivity index (χ1n) is 8.42. The summed E-state index contributed by atoms with van der Waals surface area (Å²) in [4.78, 5) is 17.1. The lowest BCUT2D eigenvalue weighted by Crippen LogP contribution is -2.10. The molecule has 132 valence electrons. The zero-order chi connectivity index (χ0) is 19.0. The number of hydrogen-bond acceptors (Lipinski definition) is 4. The number of halogens is 1. The molecule has 0 radical (unpaired) electrons. The zero-order valence-corrected chi connectivity index (χ0v) is 15.2. The molecular weight excluding hydrogens is 362 g/mol. The molecule has 0 bridgehead atoms. The first kappa shape index (κ1) is 17.1. The molecule has 0 unspecified atom stereocenters. The van der Waals surface area contributed by atoms with E-state index in [9.17, 15) is 10.1 Å². The van der Waals surface area contributed by atoms with E-state index in [1.807, 2.05) is 46.9 Å². The largest absolute Gasteiger partial charge is 0.462 e. The summed E-state index contributed by atoms with van der Waals surface area (Å²) in [7, 11) is 0. The molecule has 6 heteroatoms. The molecule has 4 rings (SSSR count). The lowest BCUT2D eigenvalue weighted by Gasteiger charge is -2.13. The fourth-order valence-corrected chi connectivity index (χ4v) is 3.41. The summed E-state index contributed by atoms with van der Waals surface area (Å²) in [6.07, 6.45) is 0. The molecule has 0 aliphatic rings. The minimum atomic E-state index is -0.558. The van der Waals surface area contributed by atoms with E-state index < -0.39 is 5.97 Å². The fraction of sp³-hybridized carbons (Fsp3) is 0.0952. The molecule has 0 spiro atoms. The molecule has 2 heterocycles. The highest BCUT2D eigenvalue weighted by molar-refractivity contribution is 6.33. The van der Waals surface area contributed by atoms with Crippen molar-refractivity contribution in [3.8, 4) is 17.3 Å². The highest BCUT2D eigenvalue weighted by Crippen LogP contribution is 2.33. The Morgan fingerprint density at radius 2 is 1.96 bits per heavy atom. The zero-order valence-electron chi connectivity index (χ0n) is 14.4. The number of ether oxygens (including phenoxy) is 1. The van der Waals surface area contributed by atoms with E-state index in [0.29, 0.717) is 16.4 Å². The van der Waals surface area contributed by atoms with Crippen LogP contribution in [0.2, 0.25) is 5.02 Å². The molecule has 2 aromatic carbocycles. The van der Waals surface area contributed by atoms with Gasteiger partial charge in [-0.1, -0.05) is 41.9 Å². The molecule has 0 aliphatic heterocycles. The third-order valence-corrected chi connectivity index (χ3v) is 4.66. The van der Waals surface area contributed by atoms with Crippen LogP contribution in [0.3, 0.4) is 0 Å². The molecule has 4 aromatic rings. The van der Waals surface area contributed by atoms with Crippen LogP contribution in [-0.2, 0) is 4.74 Å². The van der Waals surface area contributed by atoms with Gasteiger partial charge < -0.3 is 4.74 Å². The predicted molar refractivity (Wildman–Crippen MR) is 104 cm³/mol. The number of aromatic nitrogens is 2. The smallest absolute Gasteiger partial charge is 0.339 e. The minimum absolute atomic E-state index is 0.178. The van der Waals surface area contributed by atoms with Crippen molar-refractivity contribution >= 4 is 34.3 Å². The summed E-state index contributed by atoms with van der Waals surface area (Å²) >= 11 is 6.43. The van der Waals surface area contributed by atoms with Crippen molar-refractivity contribution in [2.45, 2.75) is 6.92 Å². The molecule has 0 saturated carbocycles. The van der Waals surface area contributed by atoms with Crippen molar-refractivity contribution < 1.29 is 9.53 Å². The number of rotatable bonds is 3. The van der Waals surface area contributed by atoms with Gasteiger partial charge in [-0.15, -0.1) is 0 Å². The first-order chi connectivity index (χ1) is 13.2. The molecular formula is C21H14ClN3O2. The normalized spacial score (nSPS) is 10.9. The van der Waals surface area contributed by atoms with Crippen LogP contribution in [0.1, 0.15) is 22.8 Å². The molecule has 0 N–H and O–H groups in total. The van der Waals surface area contributed by atoms with Gasteiger partial charge in [0.05, 0.1) is 28.9 Å². The number of para-hydroxylation sites is 2. The lowest BCUT2D eigenvalue weighted by molar-refractivity contribution is 0.0526. The number of nitriles is 1. The lowest BCUT2D eigenvalue weighted by atomic mass is 10.0. The van der Waals surface area contributed by atoms with Gasteiger partial charge in [0.25, 0.3) is 0 Å². The maximum atomic E-state index is 12.5. The van der Waals surface area contributed by atoms with Gasteiger partial charge >= 0.3 is 5.97 Å². The Hall–Kier alpha value is -3.36. The maximum absolute atomic E-state index is 12.5. The van der Waals surface area contributed by atoms with Crippen LogP contribution in [0.5, 0.6) is 0 Å². The van der Waals surface area contributed by atoms with E-state index >= 15 is 0 Å². The summed E-state index contributed by atoms with van der Waals surface area (Å²) in [5.74, 6) is -0.558. The Bertz CT molecular complexity index is 1240. The second kappa shape index (κ2) is 6.75. The number of benzene rings is 2. The number of esters is 1. The van der Waals surface area contributed by atoms with Crippen molar-refractivity contribution in [3.63, 3.8) is 0 Å². The quantitative estimate of drug-likeness (QED) is 0.480. The summed E-state index contributed by atoms with van der Waals surface area (Å²) in [6, 6.07) is 18.7. The van der Waals surface area contributed by atoms with E-state index in [1.165, 1.54) is 0 Å². The Balaban J connectivity index is 2.19. The number of pyridine rings is 1. The molecule has 0 amide bonds. The minimum Gasteiger partial charge on any atom is -0.462 e. The fourth-order valence-electron chi connectivity index (χ4n) is 3.18. The van der Waals surface area contributed by atoms with Crippen molar-refractivity contribution in [2.24, 2.45) is 0 Å². The topological polar surface area (TPSA) is 67.4 Å². The third-order valence-electron chi connectivity index (χ3n) is 4.33. The standard InChI is InChI=1S/C21H14ClN3O2/c1-2-27-21(26)14-11-19(13-7-3-4-8-16(13)22)25-18-10-6-5-9-17(18)24-20(25)15(14)12-23/h3-11H,2H2,1H3. The number of carbonyl (C=O) groups is 1. The molecule has 0 saturated heterocycles. The van der Waals surface area contributed by atoms with Crippen molar-refractivity contribution in [2.75, 3.05) is 6.61 Å². The van der Waals surface area contributed by atoms with Gasteiger partial charge in [0, 0.05) is 10.6 Å². The average Bonchev–Trinajstić information content (AvgIpc) is 3.07. The van der Waals surface area contributed by atoms with Crippen molar-refractivity contribution in [3.05, 3.63) is 70.7 Å². The number of nitrogens with zero attached hydrogens (tertiary/aromatic N) is 3. The van der Waals surface area contributed by atoms with Crippen LogP contribution in [-0.4, -0.2) is 22.0 Å². The Labute approximate surface area is 160 Å². The van der Waals surface area contributed by atoms with Crippen LogP contribution in [0.25, 0.3) is 27.9 Å². The Morgan fingerprint density at radius 1 is 1.22 bits per heavy atom. The monoisotopic (exact) mass is 375 g/mol. The van der Waals surface area contributed by atoms with E-state index in [2.05, 4.69) is 11.1 Å². The van der Waals surface area contributed by atoms with E-state index in [4.69, 9.17) is 16.3 Å². The number of carbonyl (C=O) groups excluding carboxylic acids is 1. The highest BCUT2D eigenvalue weighted by atomic mass is 35.5. The average molecular weight is 376 g/mol. The van der Waals surface area contributed by atoms with Crippen LogP contribution in [0.15, 0.2) is 54.6 Å². The first-order valence-corrected chi connectivity index (χ1v) is 8.79. The summed E-state index contributed by atoms with van der Waals surface area (Å²) in [5, 5.41) is 10.3. The molecule has 0 aliphatic carbocycles. The van der Waals surface area contributed by atoms with Crippen LogP contribution >= 0.6 is 11.6 Å². The SMILES string of the molecule is CCOC(=O)c1cc(-c2ccccc2Cl)n2c(nc3ccccc32)c1C#N. The molecule has 0 atom stereocenters. The van der Waals surface area contributed by atoms with Crippen molar-refractivity contribution in [1.82, 2.24) is 9.38 Å². The van der Waals surface area contributed by atoms with Gasteiger partial charge in [-0.25, -0.2) is 9.78 Å². The molecule has 5 nitrogen and oxygen atoms in total. The Kier molecular flexibility index (Phi) is 4.27. The maximum Gasteiger partial charge on any atom is 0.339 e. The van der Waals surface area contributed by atoms with Gasteiger partial charge in [0.2, 0.25) is 0 Å². The number of imidazole rings is 1. The van der Waals surface area contributed by atoms with Crippen LogP contribution in [0, 0.1) is 11.3 Å². The van der Waals surface area contributed by atoms with Gasteiger partial charge in [-0.05, 0) is 31.2 Å². The van der Waals surface area contributed by atoms with Gasteiger partial charge in [-0.2, -0.15) is 5.26 Å². The summed E-state index contributed by atoms with van der Waals surface area (Å²) < 4.78 is 7.01. The van der Waals surface area contributed by atoms with Crippen LogP contribution in [0.4, 0.5) is 0 Å². The van der Waals surface area contributed by atoms with Gasteiger partial charge in [0.15, 0.2) is 5.65 Å². The predicted octanol–water partition coefficient (Wildman–Crippen LogP) is 4.86. The van der Waals surface area contributed by atoms with E-state index in [1.54, 1.807) is 19.1 Å². The number of hydrogen-bond donors (Lipinski definition) is 0. The van der Waals surface area contributed by atoms with Gasteiger partial charge in [0.1, 0.15) is 11.6 Å². The molecule has 2 aromatic heterocycles. The number of fused-ring (bicyclic) bond motifs is 3. The second-order valence-corrected chi connectivity index (χ2v) is 6.30. The summed E-state index contributed by atoms with van der Waals surface area (Å²) in [6.45, 7) is 1.94. The Morgan fingerprint density at radius 3 is 2.70 bits per heavy atom. The second-order valence-electron chi connectivity index (χ2n) is 5.89. The molecule has 0 fully saturated rings. The third kappa shape index (κ3) is 2.71. The van der Waals surface area contributed by atoms with Crippen LogP contribution < -0.4 is 0 Å². The van der Waals surface area contributed by atoms with E-state index in [0.717, 1.165) is 16.6 Å².